The fourth-order valence-corrected chi connectivity index (χ4v) is 1.08. The Morgan fingerprint density at radius 3 is 2.71 bits per heavy atom. The summed E-state index contributed by atoms with van der Waals surface area (Å²) in [5.74, 6) is -0.167. The van der Waals surface area contributed by atoms with E-state index in [1.807, 2.05) is 0 Å². The number of aryl methyl sites for hydroxylation is 1. The molecule has 1 rings (SSSR count). The zero-order valence-corrected chi connectivity index (χ0v) is 8.74. The summed E-state index contributed by atoms with van der Waals surface area (Å²) in [6.07, 6.45) is 1.80. The zero-order valence-electron chi connectivity index (χ0n) is 8.74. The third-order valence-corrected chi connectivity index (χ3v) is 1.86. The molecule has 1 aromatic heterocycles. The Kier molecular flexibility index (Phi) is 2.96. The summed E-state index contributed by atoms with van der Waals surface area (Å²) in [4.78, 5) is 11.5. The van der Waals surface area contributed by atoms with Crippen LogP contribution in [0, 0.1) is 0 Å². The van der Waals surface area contributed by atoms with Gasteiger partial charge in [-0.1, -0.05) is 0 Å². The molecule has 0 radical (unpaired) electrons. The van der Waals surface area contributed by atoms with E-state index >= 15 is 0 Å². The Bertz CT molecular complexity index is 323. The Balaban J connectivity index is 2.56. The van der Waals surface area contributed by atoms with Gasteiger partial charge in [0.25, 0.3) is 5.91 Å². The van der Waals surface area contributed by atoms with Crippen LogP contribution in [0.2, 0.25) is 0 Å². The van der Waals surface area contributed by atoms with Gasteiger partial charge in [0.1, 0.15) is 5.69 Å². The normalized spacial score (nSPS) is 11.4. The Morgan fingerprint density at radius 2 is 2.29 bits per heavy atom. The van der Waals surface area contributed by atoms with E-state index in [9.17, 15) is 9.90 Å². The van der Waals surface area contributed by atoms with Crippen molar-refractivity contribution in [2.75, 3.05) is 6.54 Å². The van der Waals surface area contributed by atoms with Crippen LogP contribution in [-0.2, 0) is 7.05 Å². The molecule has 0 saturated carbocycles. The molecular formula is C10H16N2O2. The number of nitrogens with zero attached hydrogens (tertiary/aromatic N) is 1. The van der Waals surface area contributed by atoms with Crippen LogP contribution in [0.1, 0.15) is 24.3 Å². The van der Waals surface area contributed by atoms with Gasteiger partial charge in [-0.05, 0) is 26.0 Å². The lowest BCUT2D eigenvalue weighted by Gasteiger charge is -2.17. The first-order chi connectivity index (χ1) is 6.40. The van der Waals surface area contributed by atoms with E-state index < -0.39 is 5.60 Å². The van der Waals surface area contributed by atoms with Crippen LogP contribution in [0.15, 0.2) is 18.3 Å². The fraction of sp³-hybridized carbons (Fsp3) is 0.500. The molecule has 2 N–H and O–H groups in total. The van der Waals surface area contributed by atoms with E-state index in [0.717, 1.165) is 0 Å². The maximum absolute atomic E-state index is 11.5. The summed E-state index contributed by atoms with van der Waals surface area (Å²) in [6.45, 7) is 3.55. The Hall–Kier alpha value is -1.29. The van der Waals surface area contributed by atoms with E-state index in [2.05, 4.69) is 5.32 Å². The monoisotopic (exact) mass is 196 g/mol. The molecular weight excluding hydrogens is 180 g/mol. The molecule has 0 bridgehead atoms. The summed E-state index contributed by atoms with van der Waals surface area (Å²) in [7, 11) is 1.80. The molecule has 1 heterocycles. The minimum atomic E-state index is -0.874. The fourth-order valence-electron chi connectivity index (χ4n) is 1.08. The first-order valence-electron chi connectivity index (χ1n) is 4.52. The summed E-state index contributed by atoms with van der Waals surface area (Å²) >= 11 is 0. The lowest BCUT2D eigenvalue weighted by molar-refractivity contribution is 0.0690. The van der Waals surface area contributed by atoms with Gasteiger partial charge < -0.3 is 15.0 Å². The molecule has 0 unspecified atom stereocenters. The maximum Gasteiger partial charge on any atom is 0.267 e. The number of hydrogen-bond acceptors (Lipinski definition) is 2. The predicted molar refractivity (Wildman–Crippen MR) is 54.0 cm³/mol. The smallest absolute Gasteiger partial charge is 0.267 e. The van der Waals surface area contributed by atoms with Crippen molar-refractivity contribution in [1.29, 1.82) is 0 Å². The first kappa shape index (κ1) is 10.8. The topological polar surface area (TPSA) is 54.3 Å². The van der Waals surface area contributed by atoms with Crippen molar-refractivity contribution < 1.29 is 9.90 Å². The number of rotatable bonds is 3. The molecule has 0 aliphatic rings. The number of aliphatic hydroxyl groups is 1. The third-order valence-electron chi connectivity index (χ3n) is 1.86. The van der Waals surface area contributed by atoms with Gasteiger partial charge in [0.2, 0.25) is 0 Å². The largest absolute Gasteiger partial charge is 0.389 e. The van der Waals surface area contributed by atoms with E-state index in [4.69, 9.17) is 0 Å². The Labute approximate surface area is 83.5 Å². The molecule has 1 aromatic rings. The van der Waals surface area contributed by atoms with Crippen LogP contribution in [-0.4, -0.2) is 27.7 Å². The standard InChI is InChI=1S/C10H16N2O2/c1-10(2,14)7-11-9(13)8-5-4-6-12(8)3/h4-6,14H,7H2,1-3H3,(H,11,13). The van der Waals surface area contributed by atoms with E-state index in [-0.39, 0.29) is 12.5 Å². The molecule has 0 aromatic carbocycles. The van der Waals surface area contributed by atoms with Crippen LogP contribution >= 0.6 is 0 Å². The summed E-state index contributed by atoms with van der Waals surface area (Å²) < 4.78 is 1.74. The molecule has 1 amide bonds. The summed E-state index contributed by atoms with van der Waals surface area (Å²) in [5, 5.41) is 12.1. The third kappa shape index (κ3) is 2.88. The van der Waals surface area contributed by atoms with Crippen LogP contribution < -0.4 is 5.32 Å². The van der Waals surface area contributed by atoms with Crippen molar-refractivity contribution in [1.82, 2.24) is 9.88 Å². The van der Waals surface area contributed by atoms with Gasteiger partial charge in [-0.2, -0.15) is 0 Å². The van der Waals surface area contributed by atoms with Gasteiger partial charge in [-0.25, -0.2) is 0 Å². The molecule has 0 spiro atoms. The zero-order chi connectivity index (χ0) is 10.8. The first-order valence-corrected chi connectivity index (χ1v) is 4.52. The van der Waals surface area contributed by atoms with Gasteiger partial charge in [0.15, 0.2) is 0 Å². The predicted octanol–water partition coefficient (Wildman–Crippen LogP) is 0.526. The highest BCUT2D eigenvalue weighted by molar-refractivity contribution is 5.92. The Morgan fingerprint density at radius 1 is 1.64 bits per heavy atom. The number of carbonyl (C=O) groups excluding carboxylic acids is 1. The SMILES string of the molecule is Cn1cccc1C(=O)NCC(C)(C)O. The lowest BCUT2D eigenvalue weighted by atomic mass is 10.1. The second-order valence-electron chi connectivity index (χ2n) is 4.00. The van der Waals surface area contributed by atoms with Gasteiger partial charge in [0, 0.05) is 19.8 Å². The minimum Gasteiger partial charge on any atom is -0.389 e. The van der Waals surface area contributed by atoms with Crippen LogP contribution in [0.4, 0.5) is 0 Å². The number of nitrogens with one attached hydrogen (secondary N) is 1. The number of amides is 1. The van der Waals surface area contributed by atoms with Crippen molar-refractivity contribution >= 4 is 5.91 Å². The van der Waals surface area contributed by atoms with Gasteiger partial charge in [0.05, 0.1) is 5.60 Å². The van der Waals surface area contributed by atoms with E-state index in [1.165, 1.54) is 0 Å². The van der Waals surface area contributed by atoms with Crippen molar-refractivity contribution in [2.24, 2.45) is 7.05 Å². The number of carbonyl (C=O) groups is 1. The molecule has 0 fully saturated rings. The van der Waals surface area contributed by atoms with E-state index in [0.29, 0.717) is 5.69 Å². The number of hydrogen-bond donors (Lipinski definition) is 2. The van der Waals surface area contributed by atoms with Gasteiger partial charge >= 0.3 is 0 Å². The molecule has 4 heteroatoms. The quantitative estimate of drug-likeness (QED) is 0.740. The second-order valence-corrected chi connectivity index (χ2v) is 4.00. The molecule has 0 aliphatic carbocycles. The molecule has 4 nitrogen and oxygen atoms in total. The lowest BCUT2D eigenvalue weighted by Crippen LogP contribution is -2.38. The van der Waals surface area contributed by atoms with Crippen LogP contribution in [0.25, 0.3) is 0 Å². The van der Waals surface area contributed by atoms with Crippen molar-refractivity contribution in [3.63, 3.8) is 0 Å². The van der Waals surface area contributed by atoms with Crippen LogP contribution in [0.3, 0.4) is 0 Å². The molecule has 0 saturated heterocycles. The molecule has 0 aliphatic heterocycles. The second kappa shape index (κ2) is 3.84. The average Bonchev–Trinajstić information content (AvgIpc) is 2.46. The highest BCUT2D eigenvalue weighted by Crippen LogP contribution is 2.01. The van der Waals surface area contributed by atoms with Crippen molar-refractivity contribution in [3.8, 4) is 0 Å². The summed E-state index contributed by atoms with van der Waals surface area (Å²) in [6, 6.07) is 3.54. The number of aromatic nitrogens is 1. The highest BCUT2D eigenvalue weighted by atomic mass is 16.3. The minimum absolute atomic E-state index is 0.167. The molecule has 14 heavy (non-hydrogen) atoms. The van der Waals surface area contributed by atoms with Gasteiger partial charge in [-0.15, -0.1) is 0 Å². The molecule has 0 atom stereocenters. The maximum atomic E-state index is 11.5. The van der Waals surface area contributed by atoms with Gasteiger partial charge in [-0.3, -0.25) is 4.79 Å². The van der Waals surface area contributed by atoms with E-state index in [1.54, 1.807) is 43.8 Å². The van der Waals surface area contributed by atoms with Crippen molar-refractivity contribution in [3.05, 3.63) is 24.0 Å². The summed E-state index contributed by atoms with van der Waals surface area (Å²) in [5.41, 5.74) is -0.282. The average molecular weight is 196 g/mol. The van der Waals surface area contributed by atoms with Crippen molar-refractivity contribution in [2.45, 2.75) is 19.4 Å². The highest BCUT2D eigenvalue weighted by Gasteiger charge is 2.15. The molecule has 78 valence electrons. The van der Waals surface area contributed by atoms with Crippen LogP contribution in [0.5, 0.6) is 0 Å².